The van der Waals surface area contributed by atoms with Crippen molar-refractivity contribution in [3.63, 3.8) is 0 Å². The van der Waals surface area contributed by atoms with Gasteiger partial charge >= 0.3 is 5.97 Å². The summed E-state index contributed by atoms with van der Waals surface area (Å²) in [7, 11) is 0. The van der Waals surface area contributed by atoms with E-state index in [-0.39, 0.29) is 5.92 Å². The normalized spacial score (nSPS) is 15.7. The smallest absolute Gasteiger partial charge is 0.306 e. The maximum absolute atomic E-state index is 11.0. The van der Waals surface area contributed by atoms with Crippen LogP contribution in [0.5, 0.6) is 0 Å². The van der Waals surface area contributed by atoms with E-state index >= 15 is 0 Å². The second kappa shape index (κ2) is 6.23. The SMILES string of the molecule is Cc1cc(N2CCC(C(=O)O)CC2)nc(Nc2cc(C)on2)n1. The van der Waals surface area contributed by atoms with Gasteiger partial charge in [0.25, 0.3) is 0 Å². The molecule has 2 aromatic heterocycles. The number of aromatic nitrogens is 3. The van der Waals surface area contributed by atoms with Gasteiger partial charge < -0.3 is 19.8 Å². The lowest BCUT2D eigenvalue weighted by Crippen LogP contribution is -2.36. The van der Waals surface area contributed by atoms with E-state index in [1.54, 1.807) is 6.07 Å². The van der Waals surface area contributed by atoms with Crippen molar-refractivity contribution >= 4 is 23.6 Å². The zero-order valence-electron chi connectivity index (χ0n) is 13.1. The molecule has 0 atom stereocenters. The predicted molar refractivity (Wildman–Crippen MR) is 83.9 cm³/mol. The summed E-state index contributed by atoms with van der Waals surface area (Å²) in [6.45, 7) is 5.06. The standard InChI is InChI=1S/C15H19N5O3/c1-9-7-13(20-5-3-11(4-6-20)14(21)22)18-15(16-9)17-12-8-10(2)23-19-12/h7-8,11H,3-6H2,1-2H3,(H,21,22)(H,16,17,18,19). The first-order chi connectivity index (χ1) is 11.0. The number of carbonyl (C=O) groups is 1. The summed E-state index contributed by atoms with van der Waals surface area (Å²) in [5.41, 5.74) is 0.832. The van der Waals surface area contributed by atoms with Crippen LogP contribution in [0.2, 0.25) is 0 Å². The summed E-state index contributed by atoms with van der Waals surface area (Å²) < 4.78 is 5.01. The van der Waals surface area contributed by atoms with Crippen LogP contribution in [0.1, 0.15) is 24.3 Å². The molecule has 1 aliphatic rings. The summed E-state index contributed by atoms with van der Waals surface area (Å²) in [6.07, 6.45) is 1.26. The molecule has 0 saturated carbocycles. The van der Waals surface area contributed by atoms with E-state index < -0.39 is 5.97 Å². The molecule has 1 fully saturated rings. The lowest BCUT2D eigenvalue weighted by Gasteiger charge is -2.31. The third-order valence-electron chi connectivity index (χ3n) is 3.88. The number of carboxylic acid groups (broad SMARTS) is 1. The fourth-order valence-corrected chi connectivity index (χ4v) is 2.67. The zero-order valence-corrected chi connectivity index (χ0v) is 13.1. The Labute approximate surface area is 133 Å². The zero-order chi connectivity index (χ0) is 16.4. The molecular weight excluding hydrogens is 298 g/mol. The molecule has 122 valence electrons. The maximum Gasteiger partial charge on any atom is 0.306 e. The number of nitrogens with one attached hydrogen (secondary N) is 1. The highest BCUT2D eigenvalue weighted by atomic mass is 16.5. The van der Waals surface area contributed by atoms with Crippen LogP contribution in [-0.2, 0) is 4.79 Å². The molecule has 8 heteroatoms. The van der Waals surface area contributed by atoms with Crippen LogP contribution in [0.25, 0.3) is 0 Å². The molecule has 23 heavy (non-hydrogen) atoms. The Kier molecular flexibility index (Phi) is 4.14. The Morgan fingerprint density at radius 3 is 2.65 bits per heavy atom. The molecule has 0 amide bonds. The number of piperidine rings is 1. The molecular formula is C15H19N5O3. The predicted octanol–water partition coefficient (Wildman–Crippen LogP) is 2.13. The number of hydrogen-bond donors (Lipinski definition) is 2. The van der Waals surface area contributed by atoms with Crippen LogP contribution >= 0.6 is 0 Å². The minimum Gasteiger partial charge on any atom is -0.481 e. The first-order valence-corrected chi connectivity index (χ1v) is 7.55. The Hall–Kier alpha value is -2.64. The van der Waals surface area contributed by atoms with Crippen molar-refractivity contribution in [3.05, 3.63) is 23.6 Å². The number of nitrogens with zero attached hydrogens (tertiary/aromatic N) is 4. The van der Waals surface area contributed by atoms with E-state index in [4.69, 9.17) is 9.63 Å². The number of carboxylic acids is 1. The highest BCUT2D eigenvalue weighted by Gasteiger charge is 2.25. The van der Waals surface area contributed by atoms with Gasteiger partial charge in [0.1, 0.15) is 11.6 Å². The van der Waals surface area contributed by atoms with Gasteiger partial charge in [-0.05, 0) is 26.7 Å². The van der Waals surface area contributed by atoms with Crippen LogP contribution < -0.4 is 10.2 Å². The van der Waals surface area contributed by atoms with Gasteiger partial charge in [-0.2, -0.15) is 4.98 Å². The Morgan fingerprint density at radius 2 is 2.04 bits per heavy atom. The summed E-state index contributed by atoms with van der Waals surface area (Å²) in [6, 6.07) is 3.67. The van der Waals surface area contributed by atoms with Gasteiger partial charge in [0.2, 0.25) is 5.95 Å². The fourth-order valence-electron chi connectivity index (χ4n) is 2.67. The molecule has 1 saturated heterocycles. The molecule has 2 aromatic rings. The van der Waals surface area contributed by atoms with Gasteiger partial charge in [-0.25, -0.2) is 4.98 Å². The van der Waals surface area contributed by atoms with Crippen LogP contribution in [0.15, 0.2) is 16.7 Å². The molecule has 3 rings (SSSR count). The quantitative estimate of drug-likeness (QED) is 0.883. The van der Waals surface area contributed by atoms with E-state index in [1.807, 2.05) is 19.9 Å². The van der Waals surface area contributed by atoms with Crippen molar-refractivity contribution in [1.29, 1.82) is 0 Å². The molecule has 0 aliphatic carbocycles. The van der Waals surface area contributed by atoms with E-state index in [2.05, 4.69) is 25.3 Å². The largest absolute Gasteiger partial charge is 0.481 e. The summed E-state index contributed by atoms with van der Waals surface area (Å²) in [5, 5.41) is 16.0. The maximum atomic E-state index is 11.0. The first kappa shape index (κ1) is 15.3. The van der Waals surface area contributed by atoms with Crippen molar-refractivity contribution < 1.29 is 14.4 Å². The van der Waals surface area contributed by atoms with Crippen LogP contribution in [0.4, 0.5) is 17.6 Å². The lowest BCUT2D eigenvalue weighted by atomic mass is 9.97. The van der Waals surface area contributed by atoms with Gasteiger partial charge in [-0.1, -0.05) is 5.16 Å². The third-order valence-corrected chi connectivity index (χ3v) is 3.88. The highest BCUT2D eigenvalue weighted by molar-refractivity contribution is 5.70. The van der Waals surface area contributed by atoms with E-state index in [1.165, 1.54) is 0 Å². The average Bonchev–Trinajstić information content (AvgIpc) is 2.92. The van der Waals surface area contributed by atoms with E-state index in [0.717, 1.165) is 11.5 Å². The third kappa shape index (κ3) is 3.58. The Morgan fingerprint density at radius 1 is 1.30 bits per heavy atom. The number of aryl methyl sites for hydroxylation is 2. The Balaban J connectivity index is 1.74. The van der Waals surface area contributed by atoms with Crippen molar-refractivity contribution in [3.8, 4) is 0 Å². The van der Waals surface area contributed by atoms with Crippen molar-refractivity contribution in [2.24, 2.45) is 5.92 Å². The second-order valence-electron chi connectivity index (χ2n) is 5.74. The molecule has 1 aliphatic heterocycles. The number of aliphatic carboxylic acids is 1. The van der Waals surface area contributed by atoms with Gasteiger partial charge in [0.15, 0.2) is 5.82 Å². The molecule has 3 heterocycles. The number of rotatable bonds is 4. The fraction of sp³-hybridized carbons (Fsp3) is 0.467. The molecule has 2 N–H and O–H groups in total. The highest BCUT2D eigenvalue weighted by Crippen LogP contribution is 2.24. The minimum atomic E-state index is -0.715. The van der Waals surface area contributed by atoms with E-state index in [0.29, 0.717) is 43.5 Å². The molecule has 0 aromatic carbocycles. The number of anilines is 3. The minimum absolute atomic E-state index is 0.259. The summed E-state index contributed by atoms with van der Waals surface area (Å²) in [5.74, 6) is 1.54. The molecule has 0 spiro atoms. The topological polar surface area (TPSA) is 104 Å². The van der Waals surface area contributed by atoms with Crippen LogP contribution in [-0.4, -0.2) is 39.3 Å². The monoisotopic (exact) mass is 317 g/mol. The summed E-state index contributed by atoms with van der Waals surface area (Å²) >= 11 is 0. The van der Waals surface area contributed by atoms with Crippen LogP contribution in [0.3, 0.4) is 0 Å². The lowest BCUT2D eigenvalue weighted by molar-refractivity contribution is -0.142. The molecule has 0 bridgehead atoms. The molecule has 0 radical (unpaired) electrons. The van der Waals surface area contributed by atoms with Gasteiger partial charge in [0.05, 0.1) is 5.92 Å². The van der Waals surface area contributed by atoms with Crippen molar-refractivity contribution in [1.82, 2.24) is 15.1 Å². The molecule has 0 unspecified atom stereocenters. The van der Waals surface area contributed by atoms with Gasteiger partial charge in [-0.15, -0.1) is 0 Å². The van der Waals surface area contributed by atoms with Crippen molar-refractivity contribution in [2.45, 2.75) is 26.7 Å². The Bertz CT molecular complexity index is 707. The van der Waals surface area contributed by atoms with Gasteiger partial charge in [0, 0.05) is 30.9 Å². The second-order valence-corrected chi connectivity index (χ2v) is 5.74. The molecule has 8 nitrogen and oxygen atoms in total. The van der Waals surface area contributed by atoms with Gasteiger partial charge in [-0.3, -0.25) is 4.79 Å². The number of hydrogen-bond acceptors (Lipinski definition) is 7. The van der Waals surface area contributed by atoms with E-state index in [9.17, 15) is 4.79 Å². The van der Waals surface area contributed by atoms with Crippen LogP contribution in [0, 0.1) is 19.8 Å². The van der Waals surface area contributed by atoms with Crippen molar-refractivity contribution in [2.75, 3.05) is 23.3 Å². The first-order valence-electron chi connectivity index (χ1n) is 7.55. The summed E-state index contributed by atoms with van der Waals surface area (Å²) in [4.78, 5) is 22.0. The average molecular weight is 317 g/mol.